The molecule has 0 fully saturated rings. The first kappa shape index (κ1) is 14.1. The highest BCUT2D eigenvalue weighted by atomic mass is 35.5. The van der Waals surface area contributed by atoms with Crippen LogP contribution in [0.4, 0.5) is 5.69 Å². The SMILES string of the molecule is NC/C=C/CNC(=O)c1cc(Cl)cc([N+](=O)[O-])c1. The van der Waals surface area contributed by atoms with E-state index in [1.165, 1.54) is 18.2 Å². The molecule has 1 rings (SSSR count). The average Bonchev–Trinajstić information content (AvgIpc) is 2.33. The fourth-order valence-electron chi connectivity index (χ4n) is 1.24. The van der Waals surface area contributed by atoms with E-state index >= 15 is 0 Å². The Balaban J connectivity index is 2.79. The van der Waals surface area contributed by atoms with Crippen molar-refractivity contribution in [2.75, 3.05) is 13.1 Å². The molecule has 0 aliphatic carbocycles. The molecule has 0 aliphatic heterocycles. The van der Waals surface area contributed by atoms with Gasteiger partial charge in [0.15, 0.2) is 0 Å². The molecule has 1 aromatic rings. The minimum atomic E-state index is -0.600. The van der Waals surface area contributed by atoms with Crippen LogP contribution in [0, 0.1) is 10.1 Å². The summed E-state index contributed by atoms with van der Waals surface area (Å²) in [6, 6.07) is 3.73. The lowest BCUT2D eigenvalue weighted by Gasteiger charge is -2.03. The van der Waals surface area contributed by atoms with Gasteiger partial charge in [0.2, 0.25) is 0 Å². The van der Waals surface area contributed by atoms with Gasteiger partial charge in [0.25, 0.3) is 11.6 Å². The molecule has 18 heavy (non-hydrogen) atoms. The van der Waals surface area contributed by atoms with Crippen molar-refractivity contribution in [3.05, 3.63) is 51.1 Å². The first-order valence-electron chi connectivity index (χ1n) is 5.13. The van der Waals surface area contributed by atoms with Crippen molar-refractivity contribution in [3.8, 4) is 0 Å². The number of nitro benzene ring substituents is 1. The second kappa shape index (κ2) is 6.73. The molecule has 0 spiro atoms. The van der Waals surface area contributed by atoms with E-state index in [1.54, 1.807) is 12.2 Å². The maximum Gasteiger partial charge on any atom is 0.271 e. The maximum absolute atomic E-state index is 11.7. The molecule has 6 nitrogen and oxygen atoms in total. The highest BCUT2D eigenvalue weighted by Crippen LogP contribution is 2.20. The Kier molecular flexibility index (Phi) is 5.29. The summed E-state index contributed by atoms with van der Waals surface area (Å²) in [6.07, 6.45) is 3.39. The highest BCUT2D eigenvalue weighted by molar-refractivity contribution is 6.31. The van der Waals surface area contributed by atoms with Gasteiger partial charge in [-0.25, -0.2) is 0 Å². The predicted octanol–water partition coefficient (Wildman–Crippen LogP) is 1.49. The molecule has 0 unspecified atom stereocenters. The van der Waals surface area contributed by atoms with Gasteiger partial charge in [-0.05, 0) is 6.07 Å². The molecule has 0 atom stereocenters. The number of nitrogens with two attached hydrogens (primary N) is 1. The summed E-state index contributed by atoms with van der Waals surface area (Å²) in [6.45, 7) is 0.689. The normalized spacial score (nSPS) is 10.6. The van der Waals surface area contributed by atoms with Gasteiger partial charge in [-0.1, -0.05) is 23.8 Å². The largest absolute Gasteiger partial charge is 0.349 e. The van der Waals surface area contributed by atoms with Crippen LogP contribution in [0.15, 0.2) is 30.4 Å². The smallest absolute Gasteiger partial charge is 0.271 e. The molecule has 0 aliphatic rings. The standard InChI is InChI=1S/C11H12ClN3O3/c12-9-5-8(6-10(7-9)15(17)18)11(16)14-4-2-1-3-13/h1-2,5-7H,3-4,13H2,(H,14,16)/b2-1+. The lowest BCUT2D eigenvalue weighted by Crippen LogP contribution is -2.23. The van der Waals surface area contributed by atoms with Crippen molar-refractivity contribution < 1.29 is 9.72 Å². The zero-order valence-corrected chi connectivity index (χ0v) is 10.2. The summed E-state index contributed by atoms with van der Waals surface area (Å²) < 4.78 is 0. The molecular formula is C11H12ClN3O3. The molecule has 0 bridgehead atoms. The fraction of sp³-hybridized carbons (Fsp3) is 0.182. The minimum Gasteiger partial charge on any atom is -0.349 e. The average molecular weight is 270 g/mol. The lowest BCUT2D eigenvalue weighted by atomic mass is 10.2. The topological polar surface area (TPSA) is 98.3 Å². The van der Waals surface area contributed by atoms with Crippen molar-refractivity contribution in [1.82, 2.24) is 5.32 Å². The Bertz CT molecular complexity index is 488. The molecule has 0 heterocycles. The monoisotopic (exact) mass is 269 g/mol. The van der Waals surface area contributed by atoms with Crippen LogP contribution in [-0.4, -0.2) is 23.9 Å². The van der Waals surface area contributed by atoms with Gasteiger partial charge in [-0.15, -0.1) is 0 Å². The third kappa shape index (κ3) is 4.15. The number of nitro groups is 1. The van der Waals surface area contributed by atoms with Gasteiger partial charge in [-0.3, -0.25) is 14.9 Å². The Morgan fingerprint density at radius 2 is 2.17 bits per heavy atom. The van der Waals surface area contributed by atoms with Gasteiger partial charge in [0.05, 0.1) is 4.92 Å². The zero-order chi connectivity index (χ0) is 13.5. The highest BCUT2D eigenvalue weighted by Gasteiger charge is 2.13. The lowest BCUT2D eigenvalue weighted by molar-refractivity contribution is -0.384. The summed E-state index contributed by atoms with van der Waals surface area (Å²) in [4.78, 5) is 21.7. The van der Waals surface area contributed by atoms with E-state index in [-0.39, 0.29) is 16.3 Å². The zero-order valence-electron chi connectivity index (χ0n) is 9.43. The molecule has 0 saturated carbocycles. The number of carbonyl (C=O) groups excluding carboxylic acids is 1. The summed E-state index contributed by atoms with van der Waals surface area (Å²) in [5.74, 6) is -0.428. The molecule has 0 saturated heterocycles. The van der Waals surface area contributed by atoms with E-state index in [2.05, 4.69) is 5.32 Å². The Hall–Kier alpha value is -1.92. The van der Waals surface area contributed by atoms with Crippen LogP contribution < -0.4 is 11.1 Å². The van der Waals surface area contributed by atoms with Crippen molar-refractivity contribution in [2.24, 2.45) is 5.73 Å². The second-order valence-corrected chi connectivity index (χ2v) is 3.81. The number of carbonyl (C=O) groups is 1. The Morgan fingerprint density at radius 1 is 1.44 bits per heavy atom. The van der Waals surface area contributed by atoms with Gasteiger partial charge in [-0.2, -0.15) is 0 Å². The molecular weight excluding hydrogens is 258 g/mol. The van der Waals surface area contributed by atoms with Gasteiger partial charge in [0.1, 0.15) is 0 Å². The van der Waals surface area contributed by atoms with Crippen LogP contribution in [0.2, 0.25) is 5.02 Å². The second-order valence-electron chi connectivity index (χ2n) is 3.37. The molecule has 1 amide bonds. The van der Waals surface area contributed by atoms with E-state index in [1.807, 2.05) is 0 Å². The molecule has 0 radical (unpaired) electrons. The van der Waals surface area contributed by atoms with Crippen molar-refractivity contribution in [3.63, 3.8) is 0 Å². The van der Waals surface area contributed by atoms with Crippen LogP contribution in [0.1, 0.15) is 10.4 Å². The number of amides is 1. The van der Waals surface area contributed by atoms with Gasteiger partial charge >= 0.3 is 0 Å². The third-order valence-electron chi connectivity index (χ3n) is 2.04. The molecule has 0 aromatic heterocycles. The van der Waals surface area contributed by atoms with Gasteiger partial charge < -0.3 is 11.1 Å². The number of hydrogen-bond donors (Lipinski definition) is 2. The maximum atomic E-state index is 11.7. The van der Waals surface area contributed by atoms with E-state index in [0.29, 0.717) is 13.1 Å². The summed E-state index contributed by atoms with van der Waals surface area (Å²) in [7, 11) is 0. The van der Waals surface area contributed by atoms with Crippen molar-refractivity contribution in [2.45, 2.75) is 0 Å². The van der Waals surface area contributed by atoms with Crippen molar-refractivity contribution in [1.29, 1.82) is 0 Å². The van der Waals surface area contributed by atoms with E-state index in [4.69, 9.17) is 17.3 Å². The number of nitrogens with one attached hydrogen (secondary N) is 1. The molecule has 7 heteroatoms. The van der Waals surface area contributed by atoms with Crippen LogP contribution in [-0.2, 0) is 0 Å². The molecule has 1 aromatic carbocycles. The van der Waals surface area contributed by atoms with Crippen LogP contribution in [0.3, 0.4) is 0 Å². The third-order valence-corrected chi connectivity index (χ3v) is 2.26. The summed E-state index contributed by atoms with van der Waals surface area (Å²) in [5.41, 5.74) is 5.17. The summed E-state index contributed by atoms with van der Waals surface area (Å²) >= 11 is 5.71. The number of nitrogens with zero attached hydrogens (tertiary/aromatic N) is 1. The van der Waals surface area contributed by atoms with Gasteiger partial charge in [0, 0.05) is 35.8 Å². The number of halogens is 1. The quantitative estimate of drug-likeness (QED) is 0.481. The van der Waals surface area contributed by atoms with Crippen LogP contribution in [0.5, 0.6) is 0 Å². The van der Waals surface area contributed by atoms with E-state index in [0.717, 1.165) is 0 Å². The Labute approximate surface area is 109 Å². The van der Waals surface area contributed by atoms with E-state index < -0.39 is 10.8 Å². The van der Waals surface area contributed by atoms with Crippen molar-refractivity contribution >= 4 is 23.2 Å². The van der Waals surface area contributed by atoms with E-state index in [9.17, 15) is 14.9 Å². The van der Waals surface area contributed by atoms with Crippen LogP contribution in [0.25, 0.3) is 0 Å². The summed E-state index contributed by atoms with van der Waals surface area (Å²) in [5, 5.41) is 13.3. The predicted molar refractivity (Wildman–Crippen MR) is 68.6 cm³/mol. The Morgan fingerprint density at radius 3 is 2.78 bits per heavy atom. The number of hydrogen-bond acceptors (Lipinski definition) is 4. The molecule has 96 valence electrons. The first-order chi connectivity index (χ1) is 8.54. The first-order valence-corrected chi connectivity index (χ1v) is 5.50. The number of benzene rings is 1. The minimum absolute atomic E-state index is 0.145. The number of non-ortho nitro benzene ring substituents is 1. The van der Waals surface area contributed by atoms with Crippen LogP contribution >= 0.6 is 11.6 Å². The molecule has 3 N–H and O–H groups in total. The fourth-order valence-corrected chi connectivity index (χ4v) is 1.47. The number of rotatable bonds is 5.